The van der Waals surface area contributed by atoms with Crippen molar-refractivity contribution in [3.05, 3.63) is 72.0 Å². The van der Waals surface area contributed by atoms with Gasteiger partial charge in [-0.15, -0.1) is 0 Å². The summed E-state index contributed by atoms with van der Waals surface area (Å²) in [6, 6.07) is 19.2. The molecule has 0 radical (unpaired) electrons. The van der Waals surface area contributed by atoms with Crippen molar-refractivity contribution in [1.29, 1.82) is 0 Å². The third-order valence-corrected chi connectivity index (χ3v) is 6.16. The van der Waals surface area contributed by atoms with E-state index >= 15 is 0 Å². The number of fused-ring (bicyclic) bond motifs is 5. The van der Waals surface area contributed by atoms with E-state index in [0.29, 0.717) is 5.92 Å². The van der Waals surface area contributed by atoms with E-state index in [2.05, 4.69) is 49.4 Å². The fourth-order valence-electron chi connectivity index (χ4n) is 4.93. The maximum absolute atomic E-state index is 5.95. The zero-order valence-electron chi connectivity index (χ0n) is 16.5. The van der Waals surface area contributed by atoms with Gasteiger partial charge in [0.1, 0.15) is 5.76 Å². The van der Waals surface area contributed by atoms with Gasteiger partial charge in [0.25, 0.3) is 0 Å². The number of furan rings is 1. The predicted molar refractivity (Wildman–Crippen MR) is 112 cm³/mol. The molecule has 4 aromatic rings. The van der Waals surface area contributed by atoms with E-state index < -0.39 is 5.79 Å². The lowest BCUT2D eigenvalue weighted by Crippen LogP contribution is -2.38. The second kappa shape index (κ2) is 6.47. The molecule has 1 heterocycles. The van der Waals surface area contributed by atoms with Gasteiger partial charge in [-0.2, -0.15) is 0 Å². The molecule has 1 aliphatic rings. The highest BCUT2D eigenvalue weighted by Gasteiger charge is 2.40. The first kappa shape index (κ1) is 17.5. The van der Waals surface area contributed by atoms with Crippen molar-refractivity contribution in [2.75, 3.05) is 14.2 Å². The number of hydrogen-bond donors (Lipinski definition) is 0. The Kier molecular flexibility index (Phi) is 4.04. The van der Waals surface area contributed by atoms with Gasteiger partial charge in [-0.05, 0) is 57.6 Å². The lowest BCUT2D eigenvalue weighted by molar-refractivity contribution is -0.230. The minimum atomic E-state index is -0.701. The first-order chi connectivity index (χ1) is 13.7. The van der Waals surface area contributed by atoms with Crippen molar-refractivity contribution < 1.29 is 13.9 Å². The average Bonchev–Trinajstić information content (AvgIpc) is 3.26. The Morgan fingerprint density at radius 2 is 1.79 bits per heavy atom. The molecule has 1 atom stereocenters. The van der Waals surface area contributed by atoms with Crippen molar-refractivity contribution in [2.45, 2.75) is 25.6 Å². The molecular weight excluding hydrogens is 348 g/mol. The Morgan fingerprint density at radius 1 is 0.964 bits per heavy atom. The quantitative estimate of drug-likeness (QED) is 0.313. The summed E-state index contributed by atoms with van der Waals surface area (Å²) >= 11 is 0. The van der Waals surface area contributed by atoms with Crippen molar-refractivity contribution >= 4 is 21.5 Å². The van der Waals surface area contributed by atoms with E-state index in [9.17, 15) is 0 Å². The number of ether oxygens (including phenoxy) is 2. The molecule has 0 N–H and O–H groups in total. The first-order valence-corrected chi connectivity index (χ1v) is 9.79. The third kappa shape index (κ3) is 2.43. The molecule has 3 aromatic carbocycles. The second-order valence-corrected chi connectivity index (χ2v) is 7.81. The molecule has 0 fully saturated rings. The van der Waals surface area contributed by atoms with Gasteiger partial charge in [0.05, 0.1) is 6.26 Å². The summed E-state index contributed by atoms with van der Waals surface area (Å²) in [6.45, 7) is 2.27. The third-order valence-electron chi connectivity index (χ3n) is 6.16. The summed E-state index contributed by atoms with van der Waals surface area (Å²) < 4.78 is 17.7. The van der Waals surface area contributed by atoms with Crippen LogP contribution in [-0.2, 0) is 21.7 Å². The van der Waals surface area contributed by atoms with Crippen LogP contribution in [0.5, 0.6) is 0 Å². The molecule has 142 valence electrons. The lowest BCUT2D eigenvalue weighted by Gasteiger charge is -2.40. The molecule has 0 amide bonds. The molecule has 3 heteroatoms. The van der Waals surface area contributed by atoms with Crippen molar-refractivity contribution in [2.24, 2.45) is 5.92 Å². The van der Waals surface area contributed by atoms with Gasteiger partial charge in [0.15, 0.2) is 5.79 Å². The lowest BCUT2D eigenvalue weighted by atomic mass is 9.76. The second-order valence-electron chi connectivity index (χ2n) is 7.81. The van der Waals surface area contributed by atoms with E-state index in [4.69, 9.17) is 13.9 Å². The van der Waals surface area contributed by atoms with Crippen LogP contribution in [0.1, 0.15) is 24.5 Å². The van der Waals surface area contributed by atoms with Crippen LogP contribution in [0.4, 0.5) is 0 Å². The molecule has 5 rings (SSSR count). The smallest absolute Gasteiger partial charge is 0.194 e. The van der Waals surface area contributed by atoms with Crippen molar-refractivity contribution in [3.8, 4) is 11.3 Å². The number of benzene rings is 3. The van der Waals surface area contributed by atoms with Gasteiger partial charge in [-0.1, -0.05) is 43.3 Å². The van der Waals surface area contributed by atoms with Crippen LogP contribution >= 0.6 is 0 Å². The standard InChI is InChI=1S/C25H24O3/c1-16-13-20-22(25(15-16,26-2)27-3)11-10-19-18-8-5-4-7-17(18)14-21(24(19)20)23-9-6-12-28-23/h4-12,14,16H,13,15H2,1-3H3. The van der Waals surface area contributed by atoms with E-state index in [0.717, 1.165) is 29.7 Å². The molecule has 1 aliphatic carbocycles. The maximum Gasteiger partial charge on any atom is 0.194 e. The minimum Gasteiger partial charge on any atom is -0.464 e. The Morgan fingerprint density at radius 3 is 2.54 bits per heavy atom. The fraction of sp³-hybridized carbons (Fsp3) is 0.280. The molecule has 0 aliphatic heterocycles. The van der Waals surface area contributed by atoms with Crippen LogP contribution in [-0.4, -0.2) is 14.2 Å². The molecule has 28 heavy (non-hydrogen) atoms. The Labute approximate surface area is 164 Å². The van der Waals surface area contributed by atoms with Crippen LogP contribution in [0.15, 0.2) is 65.3 Å². The largest absolute Gasteiger partial charge is 0.464 e. The van der Waals surface area contributed by atoms with Gasteiger partial charge >= 0.3 is 0 Å². The van der Waals surface area contributed by atoms with E-state index in [1.54, 1.807) is 20.5 Å². The van der Waals surface area contributed by atoms with Gasteiger partial charge in [0.2, 0.25) is 0 Å². The summed E-state index contributed by atoms with van der Waals surface area (Å²) in [5.41, 5.74) is 3.56. The zero-order valence-corrected chi connectivity index (χ0v) is 16.5. The Balaban J connectivity index is 1.95. The first-order valence-electron chi connectivity index (χ1n) is 9.79. The van der Waals surface area contributed by atoms with Gasteiger partial charge in [0, 0.05) is 31.8 Å². The predicted octanol–water partition coefficient (Wildman–Crippen LogP) is 6.28. The van der Waals surface area contributed by atoms with Gasteiger partial charge < -0.3 is 13.9 Å². The number of hydrogen-bond acceptors (Lipinski definition) is 3. The molecule has 0 spiro atoms. The van der Waals surface area contributed by atoms with Gasteiger partial charge in [-0.25, -0.2) is 0 Å². The summed E-state index contributed by atoms with van der Waals surface area (Å²) in [4.78, 5) is 0. The van der Waals surface area contributed by atoms with Crippen LogP contribution in [0.25, 0.3) is 32.9 Å². The van der Waals surface area contributed by atoms with Crippen molar-refractivity contribution in [1.82, 2.24) is 0 Å². The highest BCUT2D eigenvalue weighted by molar-refractivity contribution is 6.14. The normalized spacial score (nSPS) is 18.5. The van der Waals surface area contributed by atoms with Crippen molar-refractivity contribution in [3.63, 3.8) is 0 Å². The van der Waals surface area contributed by atoms with E-state index in [1.807, 2.05) is 12.1 Å². The highest BCUT2D eigenvalue weighted by atomic mass is 16.7. The molecule has 3 nitrogen and oxygen atoms in total. The number of methoxy groups -OCH3 is 2. The Bertz CT molecular complexity index is 1150. The summed E-state index contributed by atoms with van der Waals surface area (Å²) in [6.07, 6.45) is 3.58. The molecule has 0 saturated heterocycles. The fourth-order valence-corrected chi connectivity index (χ4v) is 4.93. The monoisotopic (exact) mass is 372 g/mol. The minimum absolute atomic E-state index is 0.453. The molecule has 0 bridgehead atoms. The summed E-state index contributed by atoms with van der Waals surface area (Å²) in [5.74, 6) is 0.643. The van der Waals surface area contributed by atoms with Crippen LogP contribution in [0.2, 0.25) is 0 Å². The van der Waals surface area contributed by atoms with E-state index in [-0.39, 0.29) is 0 Å². The van der Waals surface area contributed by atoms with Gasteiger partial charge in [-0.3, -0.25) is 0 Å². The number of rotatable bonds is 3. The van der Waals surface area contributed by atoms with E-state index in [1.165, 1.54) is 27.1 Å². The molecular formula is C25H24O3. The highest BCUT2D eigenvalue weighted by Crippen LogP contribution is 2.47. The van der Waals surface area contributed by atoms with Crippen LogP contribution in [0.3, 0.4) is 0 Å². The van der Waals surface area contributed by atoms with Crippen LogP contribution < -0.4 is 0 Å². The Hall–Kier alpha value is -2.62. The summed E-state index contributed by atoms with van der Waals surface area (Å²) in [5, 5.41) is 4.97. The molecule has 1 aromatic heterocycles. The summed E-state index contributed by atoms with van der Waals surface area (Å²) in [7, 11) is 3.48. The average molecular weight is 372 g/mol. The SMILES string of the molecule is COC1(OC)CC(C)Cc2c1ccc1c2c(-c2ccco2)cc2ccccc21. The molecule has 0 saturated carbocycles. The topological polar surface area (TPSA) is 31.6 Å². The molecule has 1 unspecified atom stereocenters. The van der Waals surface area contributed by atoms with Crippen LogP contribution in [0, 0.1) is 5.92 Å². The maximum atomic E-state index is 5.95. The zero-order chi connectivity index (χ0) is 19.3.